The molecule has 0 amide bonds. The molecule has 7 heteroatoms. The topological polar surface area (TPSA) is 79.5 Å². The van der Waals surface area contributed by atoms with Crippen molar-refractivity contribution in [3.05, 3.63) is 60.9 Å². The monoisotopic (exact) mass is 418 g/mol. The molecule has 1 aromatic heterocycles. The highest BCUT2D eigenvalue weighted by molar-refractivity contribution is 5.78. The molecule has 2 heterocycles. The third-order valence-corrected chi connectivity index (χ3v) is 5.45. The summed E-state index contributed by atoms with van der Waals surface area (Å²) in [5.41, 5.74) is 9.18. The lowest BCUT2D eigenvalue weighted by atomic mass is 10.2. The highest BCUT2D eigenvalue weighted by Crippen LogP contribution is 2.30. The maximum atomic E-state index is 6.45. The second kappa shape index (κ2) is 10.0. The van der Waals surface area contributed by atoms with Crippen molar-refractivity contribution in [2.75, 3.05) is 53.6 Å². The van der Waals surface area contributed by atoms with E-state index in [1.54, 1.807) is 6.33 Å². The van der Waals surface area contributed by atoms with Gasteiger partial charge in [-0.15, -0.1) is 0 Å². The second-order valence-electron chi connectivity index (χ2n) is 7.62. The third kappa shape index (κ3) is 5.17. The number of rotatable bonds is 8. The van der Waals surface area contributed by atoms with Gasteiger partial charge >= 0.3 is 0 Å². The normalized spacial score (nSPS) is 13.8. The summed E-state index contributed by atoms with van der Waals surface area (Å²) in [7, 11) is 0. The zero-order valence-corrected chi connectivity index (χ0v) is 18.0. The van der Waals surface area contributed by atoms with Gasteiger partial charge in [-0.1, -0.05) is 31.5 Å². The zero-order chi connectivity index (χ0) is 21.5. The van der Waals surface area contributed by atoms with Crippen LogP contribution in [-0.4, -0.2) is 42.8 Å². The standard InChI is InChI=1S/C24H30N6O/c1-2-3-17-31-21-11-9-19(10-12-21)28-23-22(25)24(27-18-26-23)30-15-13-29(14-16-30)20-7-5-4-6-8-20/h4-12,18H,2-3,13-17,25H2,1H3,(H,26,27,28). The van der Waals surface area contributed by atoms with Gasteiger partial charge in [0.15, 0.2) is 11.6 Å². The van der Waals surface area contributed by atoms with Gasteiger partial charge < -0.3 is 25.6 Å². The predicted octanol–water partition coefficient (Wildman–Crippen LogP) is 4.31. The number of hydrogen-bond acceptors (Lipinski definition) is 7. The van der Waals surface area contributed by atoms with Crippen LogP contribution >= 0.6 is 0 Å². The molecule has 1 saturated heterocycles. The van der Waals surface area contributed by atoms with Crippen LogP contribution in [0.5, 0.6) is 5.75 Å². The molecule has 0 bridgehead atoms. The fourth-order valence-corrected chi connectivity index (χ4v) is 3.66. The summed E-state index contributed by atoms with van der Waals surface area (Å²) in [6.07, 6.45) is 3.75. The van der Waals surface area contributed by atoms with Crippen LogP contribution in [0.2, 0.25) is 0 Å². The minimum atomic E-state index is 0.568. The first-order valence-corrected chi connectivity index (χ1v) is 10.9. The van der Waals surface area contributed by atoms with Crippen LogP contribution < -0.4 is 25.6 Å². The Morgan fingerprint density at radius 2 is 1.65 bits per heavy atom. The number of unbranched alkanes of at least 4 members (excludes halogenated alkanes) is 1. The Morgan fingerprint density at radius 1 is 0.935 bits per heavy atom. The number of nitrogens with zero attached hydrogens (tertiary/aromatic N) is 4. The molecule has 3 N–H and O–H groups in total. The largest absolute Gasteiger partial charge is 0.494 e. The molecule has 2 aromatic carbocycles. The Hall–Kier alpha value is -3.48. The number of piperazine rings is 1. The quantitative estimate of drug-likeness (QED) is 0.528. The number of benzene rings is 2. The SMILES string of the molecule is CCCCOc1ccc(Nc2ncnc(N3CCN(c4ccccc4)CC3)c2N)cc1. The minimum absolute atomic E-state index is 0.568. The van der Waals surface area contributed by atoms with Crippen molar-refractivity contribution in [2.45, 2.75) is 19.8 Å². The van der Waals surface area contributed by atoms with Crippen molar-refractivity contribution in [1.29, 1.82) is 0 Å². The molecule has 0 atom stereocenters. The average Bonchev–Trinajstić information content (AvgIpc) is 2.82. The lowest BCUT2D eigenvalue weighted by Crippen LogP contribution is -2.47. The number of anilines is 5. The number of nitrogens with two attached hydrogens (primary N) is 1. The van der Waals surface area contributed by atoms with Crippen LogP contribution in [0, 0.1) is 0 Å². The van der Waals surface area contributed by atoms with Crippen LogP contribution in [0.15, 0.2) is 60.9 Å². The fraction of sp³-hybridized carbons (Fsp3) is 0.333. The van der Waals surface area contributed by atoms with Gasteiger partial charge in [0.25, 0.3) is 0 Å². The van der Waals surface area contributed by atoms with E-state index in [-0.39, 0.29) is 0 Å². The molecular weight excluding hydrogens is 388 g/mol. The van der Waals surface area contributed by atoms with Gasteiger partial charge in [-0.2, -0.15) is 0 Å². The van der Waals surface area contributed by atoms with Crippen LogP contribution in [0.4, 0.5) is 28.7 Å². The molecule has 0 unspecified atom stereocenters. The lowest BCUT2D eigenvalue weighted by Gasteiger charge is -2.37. The van der Waals surface area contributed by atoms with Crippen molar-refractivity contribution < 1.29 is 4.74 Å². The lowest BCUT2D eigenvalue weighted by molar-refractivity contribution is 0.309. The molecule has 0 saturated carbocycles. The van der Waals surface area contributed by atoms with Crippen LogP contribution in [-0.2, 0) is 0 Å². The van der Waals surface area contributed by atoms with E-state index in [2.05, 4.69) is 56.3 Å². The van der Waals surface area contributed by atoms with Gasteiger partial charge in [-0.25, -0.2) is 9.97 Å². The van der Waals surface area contributed by atoms with E-state index in [4.69, 9.17) is 10.5 Å². The molecule has 7 nitrogen and oxygen atoms in total. The second-order valence-corrected chi connectivity index (χ2v) is 7.62. The van der Waals surface area contributed by atoms with E-state index in [9.17, 15) is 0 Å². The Balaban J connectivity index is 1.39. The molecular formula is C24H30N6O. The first-order chi connectivity index (χ1) is 15.2. The van der Waals surface area contributed by atoms with Gasteiger partial charge in [0.05, 0.1) is 6.61 Å². The summed E-state index contributed by atoms with van der Waals surface area (Å²) in [6.45, 7) is 6.47. The molecule has 0 aliphatic carbocycles. The molecule has 1 aliphatic heterocycles. The van der Waals surface area contributed by atoms with Crippen molar-refractivity contribution in [3.63, 3.8) is 0 Å². The Bertz CT molecular complexity index is 956. The van der Waals surface area contributed by atoms with Crippen LogP contribution in [0.25, 0.3) is 0 Å². The maximum absolute atomic E-state index is 6.45. The van der Waals surface area contributed by atoms with Crippen molar-refractivity contribution in [1.82, 2.24) is 9.97 Å². The van der Waals surface area contributed by atoms with Gasteiger partial charge in [-0.3, -0.25) is 0 Å². The molecule has 1 fully saturated rings. The summed E-state index contributed by atoms with van der Waals surface area (Å²) >= 11 is 0. The zero-order valence-electron chi connectivity index (χ0n) is 18.0. The summed E-state index contributed by atoms with van der Waals surface area (Å²) in [6, 6.07) is 18.4. The first-order valence-electron chi connectivity index (χ1n) is 10.9. The van der Waals surface area contributed by atoms with Crippen LogP contribution in [0.3, 0.4) is 0 Å². The highest BCUT2D eigenvalue weighted by atomic mass is 16.5. The van der Waals surface area contributed by atoms with E-state index in [0.717, 1.165) is 62.9 Å². The molecule has 4 rings (SSSR count). The van der Waals surface area contributed by atoms with Gasteiger partial charge in [0, 0.05) is 37.6 Å². The smallest absolute Gasteiger partial charge is 0.159 e. The van der Waals surface area contributed by atoms with Crippen molar-refractivity contribution in [3.8, 4) is 5.75 Å². The van der Waals surface area contributed by atoms with E-state index < -0.39 is 0 Å². The summed E-state index contributed by atoms with van der Waals surface area (Å²) in [5, 5.41) is 3.31. The summed E-state index contributed by atoms with van der Waals surface area (Å²) < 4.78 is 5.73. The maximum Gasteiger partial charge on any atom is 0.159 e. The number of aromatic nitrogens is 2. The van der Waals surface area contributed by atoms with Gasteiger partial charge in [-0.05, 0) is 42.8 Å². The van der Waals surface area contributed by atoms with Gasteiger partial charge in [0.1, 0.15) is 17.8 Å². The molecule has 3 aromatic rings. The molecule has 1 aliphatic rings. The first kappa shape index (κ1) is 20.8. The van der Waals surface area contributed by atoms with Crippen LogP contribution in [0.1, 0.15) is 19.8 Å². The van der Waals surface area contributed by atoms with E-state index >= 15 is 0 Å². The average molecular weight is 419 g/mol. The Morgan fingerprint density at radius 3 is 2.35 bits per heavy atom. The predicted molar refractivity (Wildman–Crippen MR) is 127 cm³/mol. The fourth-order valence-electron chi connectivity index (χ4n) is 3.66. The number of nitrogens with one attached hydrogen (secondary N) is 1. The minimum Gasteiger partial charge on any atom is -0.494 e. The summed E-state index contributed by atoms with van der Waals surface area (Å²) in [5.74, 6) is 2.27. The van der Waals surface area contributed by atoms with Crippen molar-refractivity contribution in [2.24, 2.45) is 0 Å². The van der Waals surface area contributed by atoms with E-state index in [1.807, 2.05) is 30.3 Å². The van der Waals surface area contributed by atoms with E-state index in [0.29, 0.717) is 11.5 Å². The number of para-hydroxylation sites is 1. The highest BCUT2D eigenvalue weighted by Gasteiger charge is 2.21. The van der Waals surface area contributed by atoms with Crippen molar-refractivity contribution >= 4 is 28.7 Å². The third-order valence-electron chi connectivity index (χ3n) is 5.45. The van der Waals surface area contributed by atoms with Gasteiger partial charge in [0.2, 0.25) is 0 Å². The molecule has 0 radical (unpaired) electrons. The molecule has 162 valence electrons. The Labute approximate surface area is 183 Å². The Kier molecular flexibility index (Phi) is 6.72. The number of nitrogen functional groups attached to an aromatic ring is 1. The number of ether oxygens (including phenoxy) is 1. The summed E-state index contributed by atoms with van der Waals surface area (Å²) in [4.78, 5) is 13.4. The van der Waals surface area contributed by atoms with E-state index in [1.165, 1.54) is 5.69 Å². The number of hydrogen-bond donors (Lipinski definition) is 2. The molecule has 31 heavy (non-hydrogen) atoms. The molecule has 0 spiro atoms.